The quantitative estimate of drug-likeness (QED) is 0.257. The van der Waals surface area contributed by atoms with Gasteiger partial charge in [0.2, 0.25) is 0 Å². The molecule has 3 heterocycles. The van der Waals surface area contributed by atoms with Crippen molar-refractivity contribution in [2.24, 2.45) is 11.5 Å². The molecule has 1 aliphatic heterocycles. The molecule has 7 N–H and O–H groups in total. The van der Waals surface area contributed by atoms with Crippen LogP contribution in [0, 0.1) is 0 Å². The Hall–Kier alpha value is -2.91. The van der Waals surface area contributed by atoms with Crippen LogP contribution in [0.25, 0.3) is 11.2 Å². The minimum Gasteiger partial charge on any atom is -0.454 e. The Morgan fingerprint density at radius 1 is 1.14 bits per heavy atom. The summed E-state index contributed by atoms with van der Waals surface area (Å²) in [6, 6.07) is -1.90. The molecule has 0 spiro atoms. The molecule has 14 heteroatoms. The Morgan fingerprint density at radius 2 is 1.78 bits per heavy atom. The Labute approximate surface area is 207 Å². The number of imidazole rings is 1. The van der Waals surface area contributed by atoms with Gasteiger partial charge in [-0.3, -0.25) is 14.2 Å². The zero-order valence-corrected chi connectivity index (χ0v) is 20.2. The summed E-state index contributed by atoms with van der Waals surface area (Å²) < 4.78 is 18.6. The Kier molecular flexibility index (Phi) is 7.70. The molecule has 198 valence electrons. The van der Waals surface area contributed by atoms with Crippen molar-refractivity contribution in [2.75, 3.05) is 18.5 Å². The van der Waals surface area contributed by atoms with Gasteiger partial charge < -0.3 is 41.2 Å². The van der Waals surface area contributed by atoms with E-state index in [4.69, 9.17) is 25.7 Å². The zero-order chi connectivity index (χ0) is 26.0. The van der Waals surface area contributed by atoms with Crippen molar-refractivity contribution in [1.82, 2.24) is 19.5 Å². The Balaban J connectivity index is 1.71. The molecular weight excluding hydrogens is 474 g/mol. The number of esters is 2. The molecule has 2 aromatic heterocycles. The van der Waals surface area contributed by atoms with Crippen LogP contribution in [0.3, 0.4) is 0 Å². The van der Waals surface area contributed by atoms with E-state index in [-0.39, 0.29) is 6.61 Å². The van der Waals surface area contributed by atoms with Gasteiger partial charge in [0.1, 0.15) is 24.5 Å². The number of hydrogen-bond donors (Lipinski definition) is 5. The zero-order valence-electron chi connectivity index (χ0n) is 20.2. The number of aliphatic hydroxyl groups is 2. The highest BCUT2D eigenvalue weighted by Gasteiger charge is 2.51. The molecular formula is C22H33N7O7. The summed E-state index contributed by atoms with van der Waals surface area (Å²) in [5.74, 6) is -1.06. The number of fused-ring (bicyclic) bond motifs is 1. The van der Waals surface area contributed by atoms with Crippen LogP contribution in [0.1, 0.15) is 45.8 Å². The molecule has 0 radical (unpaired) electrons. The lowest BCUT2D eigenvalue weighted by atomic mass is 9.99. The number of ether oxygens (including phenoxy) is 3. The van der Waals surface area contributed by atoms with Gasteiger partial charge in [-0.2, -0.15) is 0 Å². The first-order valence-corrected chi connectivity index (χ1v) is 11.9. The molecule has 6 atom stereocenters. The standard InChI is InChI=1S/C22H33N7O7/c1-11(23)20(32)35-15-13(7-30)34-19(16(15)36-21(33)12(2)24)29-10-27-14-17(25-9-26-18(14)29)28-22(8-31)5-3-4-6-22/h9-13,15-16,19,30-31H,3-8,23-24H2,1-2H3,(H,25,26,28)/t11-,12-,13+,15+,16+,19+/m0/s1. The average molecular weight is 508 g/mol. The lowest BCUT2D eigenvalue weighted by Gasteiger charge is -2.28. The third kappa shape index (κ3) is 4.99. The average Bonchev–Trinajstić information content (AvgIpc) is 3.57. The third-order valence-corrected chi connectivity index (χ3v) is 6.59. The second-order valence-electron chi connectivity index (χ2n) is 9.44. The summed E-state index contributed by atoms with van der Waals surface area (Å²) in [6.45, 7) is 2.33. The van der Waals surface area contributed by atoms with Crippen molar-refractivity contribution in [3.8, 4) is 0 Å². The summed E-state index contributed by atoms with van der Waals surface area (Å²) in [5.41, 5.74) is 11.6. The Morgan fingerprint density at radius 3 is 2.36 bits per heavy atom. The summed E-state index contributed by atoms with van der Waals surface area (Å²) in [5, 5.41) is 23.3. The van der Waals surface area contributed by atoms with Gasteiger partial charge in [0.25, 0.3) is 0 Å². The van der Waals surface area contributed by atoms with Crippen molar-refractivity contribution in [3.63, 3.8) is 0 Å². The molecule has 2 fully saturated rings. The predicted molar refractivity (Wildman–Crippen MR) is 125 cm³/mol. The first-order chi connectivity index (χ1) is 17.2. The molecule has 4 rings (SSSR count). The molecule has 2 aromatic rings. The maximum Gasteiger partial charge on any atom is 0.323 e. The second kappa shape index (κ2) is 10.6. The SMILES string of the molecule is C[C@H](N)C(=O)O[C@@H]1[C@H](OC(=O)[C@H](C)N)[C@@H](CO)O[C@H]1n1cnc2c(NC3(CO)CCCC3)ncnc21. The monoisotopic (exact) mass is 507 g/mol. The minimum atomic E-state index is -1.18. The number of carbonyl (C=O) groups excluding carboxylic acids is 2. The highest BCUT2D eigenvalue weighted by atomic mass is 16.6. The van der Waals surface area contributed by atoms with E-state index in [1.165, 1.54) is 31.1 Å². The van der Waals surface area contributed by atoms with Gasteiger partial charge in [-0.15, -0.1) is 0 Å². The van der Waals surface area contributed by atoms with Crippen LogP contribution < -0.4 is 16.8 Å². The first kappa shape index (κ1) is 26.2. The fourth-order valence-corrected chi connectivity index (χ4v) is 4.58. The number of aliphatic hydroxyl groups excluding tert-OH is 2. The normalized spacial score (nSPS) is 27.1. The number of rotatable bonds is 9. The lowest BCUT2D eigenvalue weighted by Crippen LogP contribution is -2.45. The van der Waals surface area contributed by atoms with Gasteiger partial charge in [0.15, 0.2) is 35.4 Å². The van der Waals surface area contributed by atoms with E-state index < -0.39 is 60.7 Å². The second-order valence-corrected chi connectivity index (χ2v) is 9.44. The van der Waals surface area contributed by atoms with Gasteiger partial charge in [-0.1, -0.05) is 12.8 Å². The molecule has 0 aromatic carbocycles. The smallest absolute Gasteiger partial charge is 0.323 e. The number of carbonyl (C=O) groups is 2. The van der Waals surface area contributed by atoms with Crippen molar-refractivity contribution < 1.29 is 34.0 Å². The number of hydrogen-bond acceptors (Lipinski definition) is 13. The number of nitrogens with two attached hydrogens (primary N) is 2. The fraction of sp³-hybridized carbons (Fsp3) is 0.682. The van der Waals surface area contributed by atoms with Crippen LogP contribution in [0.5, 0.6) is 0 Å². The minimum absolute atomic E-state index is 0.0506. The summed E-state index contributed by atoms with van der Waals surface area (Å²) in [7, 11) is 0. The molecule has 1 aliphatic carbocycles. The van der Waals surface area contributed by atoms with Gasteiger partial charge in [-0.25, -0.2) is 15.0 Å². The van der Waals surface area contributed by atoms with Crippen LogP contribution in [0.4, 0.5) is 5.82 Å². The van der Waals surface area contributed by atoms with E-state index in [1.54, 1.807) is 0 Å². The number of anilines is 1. The number of nitrogens with zero attached hydrogens (tertiary/aromatic N) is 4. The Bertz CT molecular complexity index is 1090. The van der Waals surface area contributed by atoms with Gasteiger partial charge >= 0.3 is 11.9 Å². The molecule has 14 nitrogen and oxygen atoms in total. The predicted octanol–water partition coefficient (Wildman–Crippen LogP) is -1.05. The first-order valence-electron chi connectivity index (χ1n) is 11.9. The van der Waals surface area contributed by atoms with E-state index in [0.717, 1.165) is 25.7 Å². The largest absolute Gasteiger partial charge is 0.454 e. The van der Waals surface area contributed by atoms with Crippen LogP contribution in [-0.4, -0.2) is 90.8 Å². The summed E-state index contributed by atoms with van der Waals surface area (Å²) in [6.07, 6.45) is 1.94. The summed E-state index contributed by atoms with van der Waals surface area (Å²) >= 11 is 0. The molecule has 0 unspecified atom stereocenters. The van der Waals surface area contributed by atoms with Crippen molar-refractivity contribution in [3.05, 3.63) is 12.7 Å². The molecule has 0 bridgehead atoms. The maximum atomic E-state index is 12.4. The van der Waals surface area contributed by atoms with Crippen molar-refractivity contribution in [1.29, 1.82) is 0 Å². The topological polar surface area (TPSA) is 210 Å². The lowest BCUT2D eigenvalue weighted by molar-refractivity contribution is -0.169. The van der Waals surface area contributed by atoms with Crippen LogP contribution in [0.15, 0.2) is 12.7 Å². The molecule has 2 aliphatic rings. The van der Waals surface area contributed by atoms with Crippen LogP contribution >= 0.6 is 0 Å². The van der Waals surface area contributed by atoms with E-state index >= 15 is 0 Å². The van der Waals surface area contributed by atoms with Gasteiger partial charge in [0.05, 0.1) is 25.1 Å². The summed E-state index contributed by atoms with van der Waals surface area (Å²) in [4.78, 5) is 37.8. The molecule has 1 saturated carbocycles. The number of nitrogens with one attached hydrogen (secondary N) is 1. The highest BCUT2D eigenvalue weighted by Crippen LogP contribution is 2.37. The maximum absolute atomic E-state index is 12.4. The number of aromatic nitrogens is 4. The molecule has 36 heavy (non-hydrogen) atoms. The van der Waals surface area contributed by atoms with Crippen molar-refractivity contribution >= 4 is 28.9 Å². The van der Waals surface area contributed by atoms with E-state index in [9.17, 15) is 19.8 Å². The third-order valence-electron chi connectivity index (χ3n) is 6.59. The van der Waals surface area contributed by atoms with Gasteiger partial charge in [0, 0.05) is 0 Å². The van der Waals surface area contributed by atoms with Crippen LogP contribution in [-0.2, 0) is 23.8 Å². The highest BCUT2D eigenvalue weighted by molar-refractivity contribution is 5.83. The van der Waals surface area contributed by atoms with E-state index in [0.29, 0.717) is 17.0 Å². The van der Waals surface area contributed by atoms with E-state index in [1.807, 2.05) is 0 Å². The fourth-order valence-electron chi connectivity index (χ4n) is 4.58. The van der Waals surface area contributed by atoms with Crippen molar-refractivity contribution in [2.45, 2.75) is 81.7 Å². The molecule has 1 saturated heterocycles. The van der Waals surface area contributed by atoms with E-state index in [2.05, 4.69) is 20.3 Å². The molecule has 0 amide bonds. The van der Waals surface area contributed by atoms with Gasteiger partial charge in [-0.05, 0) is 26.7 Å². The van der Waals surface area contributed by atoms with Crippen LogP contribution in [0.2, 0.25) is 0 Å².